The zero-order valence-corrected chi connectivity index (χ0v) is 16.4. The molecule has 0 aliphatic carbocycles. The zero-order valence-electron chi connectivity index (χ0n) is 14.0. The first kappa shape index (κ1) is 18.2. The molecule has 0 saturated heterocycles. The Morgan fingerprint density at radius 2 is 1.76 bits per heavy atom. The van der Waals surface area contributed by atoms with Crippen molar-refractivity contribution in [3.8, 4) is 0 Å². The summed E-state index contributed by atoms with van der Waals surface area (Å²) in [7, 11) is 4.24. The molecule has 0 fully saturated rings. The summed E-state index contributed by atoms with van der Waals surface area (Å²) in [6, 6.07) is 13.7. The summed E-state index contributed by atoms with van der Waals surface area (Å²) in [4.78, 5) is 14.4. The van der Waals surface area contributed by atoms with Gasteiger partial charge in [0, 0.05) is 27.2 Å². The van der Waals surface area contributed by atoms with Crippen LogP contribution in [0.3, 0.4) is 0 Å². The summed E-state index contributed by atoms with van der Waals surface area (Å²) in [6.45, 7) is 1.45. The molecular weight excluding hydrogens is 375 g/mol. The molecule has 0 spiro atoms. The molecule has 1 heterocycles. The van der Waals surface area contributed by atoms with Crippen LogP contribution in [0.2, 0.25) is 10.0 Å². The molecule has 0 saturated carbocycles. The smallest absolute Gasteiger partial charge is 0.263 e. The van der Waals surface area contributed by atoms with E-state index in [4.69, 9.17) is 23.2 Å². The quantitative estimate of drug-likeness (QED) is 0.679. The van der Waals surface area contributed by atoms with Crippen molar-refractivity contribution < 1.29 is 9.69 Å². The second-order valence-corrected chi connectivity index (χ2v) is 8.14. The van der Waals surface area contributed by atoms with Gasteiger partial charge in [0.05, 0.1) is 19.1 Å². The molecule has 0 aliphatic rings. The number of rotatable bonds is 5. The van der Waals surface area contributed by atoms with Crippen molar-refractivity contribution in [1.29, 1.82) is 0 Å². The molecule has 0 atom stereocenters. The molecule has 2 N–H and O–H groups in total. The van der Waals surface area contributed by atoms with Crippen molar-refractivity contribution in [1.82, 2.24) is 5.32 Å². The second kappa shape index (κ2) is 7.75. The van der Waals surface area contributed by atoms with Gasteiger partial charge in [-0.15, -0.1) is 11.3 Å². The Kier molecular flexibility index (Phi) is 5.64. The van der Waals surface area contributed by atoms with Crippen LogP contribution >= 0.6 is 34.5 Å². The number of carbonyl (C=O) groups is 1. The number of carbonyl (C=O) groups excluding carboxylic acids is 1. The second-order valence-electron chi connectivity index (χ2n) is 6.27. The lowest BCUT2D eigenvalue weighted by Gasteiger charge is -2.08. The number of hydrogen-bond donors (Lipinski definition) is 2. The average molecular weight is 394 g/mol. The number of amides is 1. The van der Waals surface area contributed by atoms with E-state index in [0.717, 1.165) is 22.2 Å². The first-order valence-corrected chi connectivity index (χ1v) is 9.54. The number of benzene rings is 2. The highest BCUT2D eigenvalue weighted by atomic mass is 35.5. The van der Waals surface area contributed by atoms with Gasteiger partial charge in [0.2, 0.25) is 0 Å². The normalized spacial score (nSPS) is 11.2. The van der Waals surface area contributed by atoms with E-state index in [0.29, 0.717) is 21.5 Å². The van der Waals surface area contributed by atoms with Crippen LogP contribution in [0.25, 0.3) is 10.1 Å². The number of fused-ring (bicyclic) bond motifs is 1. The van der Waals surface area contributed by atoms with E-state index in [1.165, 1.54) is 21.8 Å². The van der Waals surface area contributed by atoms with E-state index >= 15 is 0 Å². The summed E-state index contributed by atoms with van der Waals surface area (Å²) in [5.74, 6) is -0.163. The molecule has 6 heteroatoms. The van der Waals surface area contributed by atoms with Gasteiger partial charge in [-0.2, -0.15) is 0 Å². The van der Waals surface area contributed by atoms with Gasteiger partial charge in [-0.05, 0) is 17.7 Å². The van der Waals surface area contributed by atoms with Gasteiger partial charge in [0.25, 0.3) is 5.91 Å². The van der Waals surface area contributed by atoms with Crippen LogP contribution < -0.4 is 10.2 Å². The minimum Gasteiger partial charge on any atom is -0.347 e. The highest BCUT2D eigenvalue weighted by Gasteiger charge is 2.17. The fourth-order valence-electron chi connectivity index (χ4n) is 2.63. The van der Waals surface area contributed by atoms with E-state index in [2.05, 4.69) is 31.5 Å². The molecule has 2 aromatic carbocycles. The maximum atomic E-state index is 12.5. The Morgan fingerprint density at radius 3 is 2.44 bits per heavy atom. The first-order valence-electron chi connectivity index (χ1n) is 7.96. The largest absolute Gasteiger partial charge is 0.347 e. The summed E-state index contributed by atoms with van der Waals surface area (Å²) >= 11 is 13.7. The van der Waals surface area contributed by atoms with E-state index in [9.17, 15) is 4.79 Å². The molecule has 0 aliphatic heterocycles. The minimum atomic E-state index is -0.163. The number of halogens is 2. The standard InChI is InChI=1S/C19H18Cl2N2OS/c1-23(2)11-13-5-3-12(4-6-13)10-22-19(24)18-17(21)15-8-7-14(20)9-16(15)25-18/h3-9H,10-11H2,1-2H3,(H,22,24)/p+1. The molecule has 0 unspecified atom stereocenters. The zero-order chi connectivity index (χ0) is 18.0. The van der Waals surface area contributed by atoms with Crippen molar-refractivity contribution in [2.45, 2.75) is 13.1 Å². The van der Waals surface area contributed by atoms with Crippen LogP contribution in [0.1, 0.15) is 20.8 Å². The Balaban J connectivity index is 1.69. The molecular formula is C19H19Cl2N2OS+. The summed E-state index contributed by atoms with van der Waals surface area (Å²) in [5.41, 5.74) is 2.34. The lowest BCUT2D eigenvalue weighted by Crippen LogP contribution is -3.04. The Morgan fingerprint density at radius 1 is 1.08 bits per heavy atom. The number of thiophene rings is 1. The number of nitrogens with one attached hydrogen (secondary N) is 2. The minimum absolute atomic E-state index is 0.163. The monoisotopic (exact) mass is 393 g/mol. The van der Waals surface area contributed by atoms with Gasteiger partial charge >= 0.3 is 0 Å². The van der Waals surface area contributed by atoms with Crippen LogP contribution in [-0.4, -0.2) is 20.0 Å². The van der Waals surface area contributed by atoms with Crippen LogP contribution in [-0.2, 0) is 13.1 Å². The molecule has 1 aromatic heterocycles. The average Bonchev–Trinajstić information content (AvgIpc) is 2.89. The third-order valence-electron chi connectivity index (χ3n) is 3.83. The maximum absolute atomic E-state index is 12.5. The molecule has 3 rings (SSSR count). The fourth-order valence-corrected chi connectivity index (χ4v) is 4.34. The number of hydrogen-bond acceptors (Lipinski definition) is 2. The van der Waals surface area contributed by atoms with Crippen molar-refractivity contribution >= 4 is 50.5 Å². The predicted molar refractivity (Wildman–Crippen MR) is 106 cm³/mol. The topological polar surface area (TPSA) is 33.5 Å². The molecule has 0 radical (unpaired) electrons. The van der Waals surface area contributed by atoms with Gasteiger partial charge in [-0.1, -0.05) is 53.5 Å². The summed E-state index contributed by atoms with van der Waals surface area (Å²) in [6.07, 6.45) is 0. The van der Waals surface area contributed by atoms with E-state index in [1.807, 2.05) is 24.3 Å². The van der Waals surface area contributed by atoms with E-state index in [-0.39, 0.29) is 5.91 Å². The van der Waals surface area contributed by atoms with Crippen LogP contribution in [0, 0.1) is 0 Å². The van der Waals surface area contributed by atoms with Crippen molar-refractivity contribution in [2.24, 2.45) is 0 Å². The molecule has 3 aromatic rings. The Labute approximate surface area is 161 Å². The highest BCUT2D eigenvalue weighted by Crippen LogP contribution is 2.36. The number of quaternary nitrogens is 1. The molecule has 1 amide bonds. The fraction of sp³-hybridized carbons (Fsp3) is 0.211. The third-order valence-corrected chi connectivity index (χ3v) is 5.72. The van der Waals surface area contributed by atoms with Gasteiger partial charge < -0.3 is 10.2 Å². The van der Waals surface area contributed by atoms with E-state index in [1.54, 1.807) is 6.07 Å². The van der Waals surface area contributed by atoms with Crippen LogP contribution in [0.5, 0.6) is 0 Å². The SMILES string of the molecule is C[NH+](C)Cc1ccc(CNC(=O)c2sc3cc(Cl)ccc3c2Cl)cc1. The Hall–Kier alpha value is -1.59. The van der Waals surface area contributed by atoms with Gasteiger partial charge in [-0.25, -0.2) is 0 Å². The molecule has 130 valence electrons. The Bertz CT molecular complexity index is 904. The summed E-state index contributed by atoms with van der Waals surface area (Å²) < 4.78 is 0.915. The van der Waals surface area contributed by atoms with Crippen molar-refractivity contribution in [3.63, 3.8) is 0 Å². The van der Waals surface area contributed by atoms with Crippen LogP contribution in [0.4, 0.5) is 0 Å². The van der Waals surface area contributed by atoms with Gasteiger partial charge in [0.1, 0.15) is 11.4 Å². The summed E-state index contributed by atoms with van der Waals surface area (Å²) in [5, 5.41) is 4.92. The lowest BCUT2D eigenvalue weighted by atomic mass is 10.1. The third kappa shape index (κ3) is 4.33. The maximum Gasteiger partial charge on any atom is 0.263 e. The van der Waals surface area contributed by atoms with Crippen molar-refractivity contribution in [2.75, 3.05) is 14.1 Å². The molecule has 25 heavy (non-hydrogen) atoms. The highest BCUT2D eigenvalue weighted by molar-refractivity contribution is 7.21. The van der Waals surface area contributed by atoms with Gasteiger partial charge in [0.15, 0.2) is 0 Å². The van der Waals surface area contributed by atoms with Crippen molar-refractivity contribution in [3.05, 3.63) is 68.5 Å². The molecule has 0 bridgehead atoms. The predicted octanol–water partition coefficient (Wildman–Crippen LogP) is 3.78. The van der Waals surface area contributed by atoms with Gasteiger partial charge in [-0.3, -0.25) is 4.79 Å². The first-order chi connectivity index (χ1) is 11.9. The lowest BCUT2D eigenvalue weighted by molar-refractivity contribution is -0.872. The van der Waals surface area contributed by atoms with E-state index < -0.39 is 0 Å². The van der Waals surface area contributed by atoms with Crippen LogP contribution in [0.15, 0.2) is 42.5 Å². The molecule has 3 nitrogen and oxygen atoms in total.